The minimum Gasteiger partial charge on any atom is -0.336 e. The molecule has 0 aliphatic carbocycles. The molecule has 0 spiro atoms. The maximum Gasteiger partial charge on any atom is 0.321 e. The fourth-order valence-corrected chi connectivity index (χ4v) is 3.37. The molecule has 2 atom stereocenters. The monoisotopic (exact) mass is 323 g/mol. The molecule has 2 amide bonds. The van der Waals surface area contributed by atoms with E-state index in [2.05, 4.69) is 35.3 Å². The zero-order valence-electron chi connectivity index (χ0n) is 14.6. The predicted molar refractivity (Wildman–Crippen MR) is 98.5 cm³/mol. The van der Waals surface area contributed by atoms with E-state index in [-0.39, 0.29) is 12.1 Å². The topological polar surface area (TPSA) is 35.6 Å². The number of benzene rings is 2. The van der Waals surface area contributed by atoms with E-state index in [1.807, 2.05) is 55.4 Å². The van der Waals surface area contributed by atoms with Crippen LogP contribution in [0.15, 0.2) is 54.6 Å². The van der Waals surface area contributed by atoms with Gasteiger partial charge in [0.15, 0.2) is 0 Å². The van der Waals surface area contributed by atoms with Crippen LogP contribution in [0.2, 0.25) is 0 Å². The summed E-state index contributed by atoms with van der Waals surface area (Å²) in [6, 6.07) is 18.6. The van der Waals surface area contributed by atoms with E-state index in [4.69, 9.17) is 0 Å². The number of nitrogens with zero attached hydrogens (tertiary/aromatic N) is 2. The Bertz CT molecular complexity index is 699. The highest BCUT2D eigenvalue weighted by molar-refractivity contribution is 5.94. The van der Waals surface area contributed by atoms with Crippen LogP contribution in [0.25, 0.3) is 0 Å². The molecule has 1 heterocycles. The lowest BCUT2D eigenvalue weighted by molar-refractivity contribution is 0.238. The maximum atomic E-state index is 12.7. The SMILES string of the molecule is CC1CN(C(=O)NCC(c2ccccc2)N(C)C)c2ccccc21. The molecular formula is C20H25N3O. The Hall–Kier alpha value is -2.33. The van der Waals surface area contributed by atoms with Gasteiger partial charge in [-0.2, -0.15) is 0 Å². The summed E-state index contributed by atoms with van der Waals surface area (Å²) in [7, 11) is 4.08. The van der Waals surface area contributed by atoms with Crippen LogP contribution >= 0.6 is 0 Å². The Labute approximate surface area is 144 Å². The van der Waals surface area contributed by atoms with Crippen LogP contribution in [-0.2, 0) is 0 Å². The quantitative estimate of drug-likeness (QED) is 0.933. The van der Waals surface area contributed by atoms with Gasteiger partial charge in [0.25, 0.3) is 0 Å². The third-order valence-corrected chi connectivity index (χ3v) is 4.71. The van der Waals surface area contributed by atoms with Gasteiger partial charge in [0.05, 0.1) is 6.04 Å². The third-order valence-electron chi connectivity index (χ3n) is 4.71. The van der Waals surface area contributed by atoms with Crippen LogP contribution in [-0.4, -0.2) is 38.1 Å². The van der Waals surface area contributed by atoms with Crippen molar-refractivity contribution in [3.8, 4) is 0 Å². The summed E-state index contributed by atoms with van der Waals surface area (Å²) in [5, 5.41) is 3.11. The fourth-order valence-electron chi connectivity index (χ4n) is 3.37. The number of likely N-dealkylation sites (N-methyl/N-ethyl adjacent to an activating group) is 1. The fraction of sp³-hybridized carbons (Fsp3) is 0.350. The summed E-state index contributed by atoms with van der Waals surface area (Å²) < 4.78 is 0. The highest BCUT2D eigenvalue weighted by Gasteiger charge is 2.29. The van der Waals surface area contributed by atoms with Gasteiger partial charge in [-0.05, 0) is 31.3 Å². The highest BCUT2D eigenvalue weighted by Crippen LogP contribution is 2.35. The number of carbonyl (C=O) groups excluding carboxylic acids is 1. The first kappa shape index (κ1) is 16.5. The van der Waals surface area contributed by atoms with Crippen molar-refractivity contribution in [3.63, 3.8) is 0 Å². The van der Waals surface area contributed by atoms with Gasteiger partial charge in [0.2, 0.25) is 0 Å². The van der Waals surface area contributed by atoms with Crippen LogP contribution in [0.4, 0.5) is 10.5 Å². The lowest BCUT2D eigenvalue weighted by Crippen LogP contribution is -2.42. The van der Waals surface area contributed by atoms with Crippen LogP contribution < -0.4 is 10.2 Å². The molecule has 0 saturated carbocycles. The van der Waals surface area contributed by atoms with Crippen molar-refractivity contribution < 1.29 is 4.79 Å². The summed E-state index contributed by atoms with van der Waals surface area (Å²) in [6.07, 6.45) is 0. The van der Waals surface area contributed by atoms with Crippen LogP contribution in [0.5, 0.6) is 0 Å². The smallest absolute Gasteiger partial charge is 0.321 e. The van der Waals surface area contributed by atoms with Crippen LogP contribution in [0.3, 0.4) is 0 Å². The van der Waals surface area contributed by atoms with Gasteiger partial charge in [0.1, 0.15) is 0 Å². The van der Waals surface area contributed by atoms with E-state index in [1.165, 1.54) is 11.1 Å². The van der Waals surface area contributed by atoms with Crippen molar-refractivity contribution in [2.24, 2.45) is 0 Å². The minimum atomic E-state index is -0.0189. The first-order valence-electron chi connectivity index (χ1n) is 8.43. The average Bonchev–Trinajstić information content (AvgIpc) is 2.93. The lowest BCUT2D eigenvalue weighted by atomic mass is 10.0. The summed E-state index contributed by atoms with van der Waals surface area (Å²) >= 11 is 0. The van der Waals surface area contributed by atoms with E-state index in [9.17, 15) is 4.79 Å². The Morgan fingerprint density at radius 3 is 2.54 bits per heavy atom. The normalized spacial score (nSPS) is 17.7. The minimum absolute atomic E-state index is 0.0189. The molecule has 3 rings (SSSR count). The zero-order valence-corrected chi connectivity index (χ0v) is 14.6. The summed E-state index contributed by atoms with van der Waals surface area (Å²) in [6.45, 7) is 3.49. The molecule has 2 aromatic carbocycles. The molecule has 2 aromatic rings. The Balaban J connectivity index is 1.69. The molecule has 126 valence electrons. The highest BCUT2D eigenvalue weighted by atomic mass is 16.2. The van der Waals surface area contributed by atoms with Gasteiger partial charge < -0.3 is 10.2 Å². The molecule has 1 N–H and O–H groups in total. The molecule has 4 heteroatoms. The van der Waals surface area contributed by atoms with Gasteiger partial charge in [-0.25, -0.2) is 4.79 Å². The lowest BCUT2D eigenvalue weighted by Gasteiger charge is -2.26. The number of hydrogen-bond donors (Lipinski definition) is 1. The van der Waals surface area contributed by atoms with Gasteiger partial charge >= 0.3 is 6.03 Å². The predicted octanol–water partition coefficient (Wildman–Crippen LogP) is 3.62. The largest absolute Gasteiger partial charge is 0.336 e. The maximum absolute atomic E-state index is 12.7. The number of fused-ring (bicyclic) bond motifs is 1. The van der Waals surface area contributed by atoms with Crippen LogP contribution in [0.1, 0.15) is 30.0 Å². The van der Waals surface area contributed by atoms with Gasteiger partial charge in [0, 0.05) is 24.7 Å². The van der Waals surface area contributed by atoms with E-state index >= 15 is 0 Å². The average molecular weight is 323 g/mol. The standard InChI is InChI=1S/C20H25N3O/c1-15-14-23(18-12-8-7-11-17(15)18)20(24)21-13-19(22(2)3)16-9-5-4-6-10-16/h4-12,15,19H,13-14H2,1-3H3,(H,21,24). The van der Waals surface area contributed by atoms with E-state index < -0.39 is 0 Å². The summed E-state index contributed by atoms with van der Waals surface area (Å²) in [4.78, 5) is 16.7. The molecule has 0 radical (unpaired) electrons. The molecule has 0 saturated heterocycles. The molecule has 4 nitrogen and oxygen atoms in total. The van der Waals surface area contributed by atoms with E-state index in [0.29, 0.717) is 12.5 Å². The number of urea groups is 1. The molecule has 1 aliphatic rings. The van der Waals surface area contributed by atoms with Gasteiger partial charge in [-0.3, -0.25) is 4.90 Å². The van der Waals surface area contributed by atoms with Gasteiger partial charge in [-0.1, -0.05) is 55.5 Å². The number of nitrogens with one attached hydrogen (secondary N) is 1. The van der Waals surface area contributed by atoms with E-state index in [0.717, 1.165) is 12.2 Å². The zero-order chi connectivity index (χ0) is 17.1. The van der Waals surface area contributed by atoms with Crippen LogP contribution in [0, 0.1) is 0 Å². The Kier molecular flexibility index (Phi) is 4.86. The third kappa shape index (κ3) is 3.29. The van der Waals surface area contributed by atoms with Crippen molar-refractivity contribution in [1.82, 2.24) is 10.2 Å². The van der Waals surface area contributed by atoms with Gasteiger partial charge in [-0.15, -0.1) is 0 Å². The molecule has 0 aromatic heterocycles. The second-order valence-electron chi connectivity index (χ2n) is 6.65. The molecule has 24 heavy (non-hydrogen) atoms. The molecular weight excluding hydrogens is 298 g/mol. The molecule has 1 aliphatic heterocycles. The number of carbonyl (C=O) groups is 1. The Morgan fingerprint density at radius 2 is 1.83 bits per heavy atom. The number of hydrogen-bond acceptors (Lipinski definition) is 2. The van der Waals surface area contributed by atoms with Crippen molar-refractivity contribution in [2.75, 3.05) is 32.1 Å². The molecule has 0 bridgehead atoms. The van der Waals surface area contributed by atoms with Crippen molar-refractivity contribution in [1.29, 1.82) is 0 Å². The van der Waals surface area contributed by atoms with Crippen molar-refractivity contribution in [2.45, 2.75) is 18.9 Å². The van der Waals surface area contributed by atoms with E-state index in [1.54, 1.807) is 0 Å². The summed E-state index contributed by atoms with van der Waals surface area (Å²) in [5.41, 5.74) is 3.49. The second kappa shape index (κ2) is 7.05. The first-order chi connectivity index (χ1) is 11.6. The number of amides is 2. The Morgan fingerprint density at radius 1 is 1.17 bits per heavy atom. The van der Waals surface area contributed by atoms with Crippen molar-refractivity contribution >= 4 is 11.7 Å². The number of anilines is 1. The first-order valence-corrected chi connectivity index (χ1v) is 8.43. The second-order valence-corrected chi connectivity index (χ2v) is 6.65. The van der Waals surface area contributed by atoms with Crippen molar-refractivity contribution in [3.05, 3.63) is 65.7 Å². The number of para-hydroxylation sites is 1. The number of rotatable bonds is 4. The summed E-state index contributed by atoms with van der Waals surface area (Å²) in [5.74, 6) is 0.380. The molecule has 0 fully saturated rings. The molecule has 2 unspecified atom stereocenters.